The number of nitrogens with zero attached hydrogens (tertiary/aromatic N) is 5. The van der Waals surface area contributed by atoms with E-state index in [1.807, 2.05) is 24.3 Å². The van der Waals surface area contributed by atoms with E-state index in [0.29, 0.717) is 28.2 Å². The summed E-state index contributed by atoms with van der Waals surface area (Å²) in [5, 5.41) is 9.32. The summed E-state index contributed by atoms with van der Waals surface area (Å²) in [7, 11) is 0. The van der Waals surface area contributed by atoms with Crippen molar-refractivity contribution in [3.8, 4) is 5.69 Å². The quantitative estimate of drug-likeness (QED) is 0.568. The van der Waals surface area contributed by atoms with Crippen molar-refractivity contribution in [3.05, 3.63) is 66.5 Å². The molecule has 0 amide bonds. The minimum absolute atomic E-state index is 0.338. The van der Waals surface area contributed by atoms with Crippen LogP contribution in [0, 0.1) is 5.82 Å². The molecule has 0 aliphatic rings. The lowest BCUT2D eigenvalue weighted by Crippen LogP contribution is -2.01. The minimum atomic E-state index is -0.338. The van der Waals surface area contributed by atoms with Crippen LogP contribution in [0.4, 0.5) is 10.2 Å². The fraction of sp³-hybridized carbons (Fsp3) is 0.0588. The number of nitrogens with two attached hydrogens (primary N) is 1. The van der Waals surface area contributed by atoms with E-state index in [-0.39, 0.29) is 5.82 Å². The Hall–Kier alpha value is -3.00. The molecule has 2 aromatic heterocycles. The summed E-state index contributed by atoms with van der Waals surface area (Å²) in [4.78, 5) is 8.85. The molecule has 0 saturated heterocycles. The summed E-state index contributed by atoms with van der Waals surface area (Å²) in [6.45, 7) is 0. The van der Waals surface area contributed by atoms with Gasteiger partial charge in [0.15, 0.2) is 5.16 Å². The predicted octanol–water partition coefficient (Wildman–Crippen LogP) is 3.22. The van der Waals surface area contributed by atoms with Crippen LogP contribution in [-0.2, 0) is 5.75 Å². The molecule has 6 nitrogen and oxygen atoms in total. The van der Waals surface area contributed by atoms with Crippen LogP contribution in [0.1, 0.15) is 5.82 Å². The van der Waals surface area contributed by atoms with Crippen molar-refractivity contribution in [2.45, 2.75) is 10.9 Å². The van der Waals surface area contributed by atoms with Gasteiger partial charge in [-0.3, -0.25) is 4.57 Å². The fourth-order valence-electron chi connectivity index (χ4n) is 2.48. The third-order valence-electron chi connectivity index (χ3n) is 3.64. The van der Waals surface area contributed by atoms with E-state index in [0.717, 1.165) is 10.9 Å². The second-order valence-electron chi connectivity index (χ2n) is 5.27. The topological polar surface area (TPSA) is 82.5 Å². The van der Waals surface area contributed by atoms with Crippen molar-refractivity contribution in [2.24, 2.45) is 0 Å². The average molecular weight is 352 g/mol. The van der Waals surface area contributed by atoms with Crippen molar-refractivity contribution < 1.29 is 4.39 Å². The Kier molecular flexibility index (Phi) is 4.02. The van der Waals surface area contributed by atoms with E-state index in [2.05, 4.69) is 20.2 Å². The summed E-state index contributed by atoms with van der Waals surface area (Å²) < 4.78 is 15.6. The van der Waals surface area contributed by atoms with E-state index in [9.17, 15) is 4.39 Å². The lowest BCUT2D eigenvalue weighted by Gasteiger charge is -2.07. The number of thioether (sulfide) groups is 1. The summed E-state index contributed by atoms with van der Waals surface area (Å²) in [6.07, 6.45) is 1.48. The van der Waals surface area contributed by atoms with Gasteiger partial charge in [0.25, 0.3) is 0 Å². The van der Waals surface area contributed by atoms with Gasteiger partial charge in [0.05, 0.1) is 17.0 Å². The number of halogens is 1. The number of para-hydroxylation sites is 2. The van der Waals surface area contributed by atoms with E-state index in [1.54, 1.807) is 22.8 Å². The van der Waals surface area contributed by atoms with Gasteiger partial charge in [-0.1, -0.05) is 36.0 Å². The summed E-state index contributed by atoms with van der Waals surface area (Å²) >= 11 is 1.37. The molecule has 0 fully saturated rings. The first kappa shape index (κ1) is 15.5. The molecule has 0 bridgehead atoms. The first-order valence-electron chi connectivity index (χ1n) is 7.51. The van der Waals surface area contributed by atoms with E-state index in [4.69, 9.17) is 5.73 Å². The van der Waals surface area contributed by atoms with Gasteiger partial charge in [0, 0.05) is 5.39 Å². The maximum atomic E-state index is 14.0. The molecule has 0 spiro atoms. The van der Waals surface area contributed by atoms with Crippen molar-refractivity contribution in [2.75, 3.05) is 5.73 Å². The van der Waals surface area contributed by atoms with Crippen molar-refractivity contribution in [1.82, 2.24) is 24.7 Å². The highest BCUT2D eigenvalue weighted by Crippen LogP contribution is 2.25. The summed E-state index contributed by atoms with van der Waals surface area (Å²) in [5.41, 5.74) is 7.19. The van der Waals surface area contributed by atoms with Gasteiger partial charge in [0.2, 0.25) is 0 Å². The van der Waals surface area contributed by atoms with Crippen LogP contribution in [0.2, 0.25) is 0 Å². The number of rotatable bonds is 4. The Morgan fingerprint density at radius 3 is 2.72 bits per heavy atom. The second-order valence-corrected chi connectivity index (χ2v) is 6.21. The third kappa shape index (κ3) is 3.03. The zero-order chi connectivity index (χ0) is 17.2. The zero-order valence-electron chi connectivity index (χ0n) is 13.0. The largest absolute Gasteiger partial charge is 0.383 e. The van der Waals surface area contributed by atoms with Crippen molar-refractivity contribution >= 4 is 28.5 Å². The highest BCUT2D eigenvalue weighted by atomic mass is 32.2. The zero-order valence-corrected chi connectivity index (χ0v) is 13.8. The van der Waals surface area contributed by atoms with Gasteiger partial charge >= 0.3 is 0 Å². The Balaban J connectivity index is 1.61. The normalized spacial score (nSPS) is 11.1. The van der Waals surface area contributed by atoms with E-state index in [1.165, 1.54) is 24.2 Å². The third-order valence-corrected chi connectivity index (χ3v) is 4.58. The molecule has 8 heteroatoms. The number of hydrogen-bond acceptors (Lipinski definition) is 6. The Morgan fingerprint density at radius 1 is 1.04 bits per heavy atom. The molecule has 0 aliphatic heterocycles. The lowest BCUT2D eigenvalue weighted by atomic mass is 10.2. The molecule has 0 saturated carbocycles. The molecular formula is C17H13FN6S. The Bertz CT molecular complexity index is 1050. The van der Waals surface area contributed by atoms with E-state index < -0.39 is 0 Å². The first-order chi connectivity index (χ1) is 12.2. The molecule has 2 N–H and O–H groups in total. The van der Waals surface area contributed by atoms with Crippen LogP contribution in [0.5, 0.6) is 0 Å². The number of fused-ring (bicyclic) bond motifs is 1. The minimum Gasteiger partial charge on any atom is -0.383 e. The summed E-state index contributed by atoms with van der Waals surface area (Å²) in [6, 6.07) is 14.1. The Morgan fingerprint density at radius 2 is 1.84 bits per heavy atom. The number of hydrogen-bond donors (Lipinski definition) is 1. The van der Waals surface area contributed by atoms with Gasteiger partial charge in [-0.15, -0.1) is 10.2 Å². The average Bonchev–Trinajstić information content (AvgIpc) is 3.09. The number of nitrogen functional groups attached to an aromatic ring is 1. The van der Waals surface area contributed by atoms with Crippen molar-refractivity contribution in [1.29, 1.82) is 0 Å². The molecule has 0 unspecified atom stereocenters. The van der Waals surface area contributed by atoms with Crippen LogP contribution in [0.25, 0.3) is 16.6 Å². The van der Waals surface area contributed by atoms with Crippen LogP contribution in [-0.4, -0.2) is 24.7 Å². The number of benzene rings is 2. The van der Waals surface area contributed by atoms with Gasteiger partial charge in [-0.25, -0.2) is 14.4 Å². The smallest absolute Gasteiger partial charge is 0.196 e. The van der Waals surface area contributed by atoms with Crippen LogP contribution < -0.4 is 5.73 Å². The molecule has 4 rings (SSSR count). The molecule has 25 heavy (non-hydrogen) atoms. The molecule has 0 aliphatic carbocycles. The van der Waals surface area contributed by atoms with Gasteiger partial charge in [-0.05, 0) is 24.3 Å². The molecule has 124 valence electrons. The Labute approximate surface area is 146 Å². The second kappa shape index (κ2) is 6.48. The van der Waals surface area contributed by atoms with Crippen LogP contribution in [0.15, 0.2) is 60.0 Å². The SMILES string of the molecule is Nc1nc(CSc2nncn2-c2ccccc2F)nc2ccccc12. The molecule has 2 aromatic carbocycles. The summed E-state index contributed by atoms with van der Waals surface area (Å²) in [5.74, 6) is 1.14. The standard InChI is InChI=1S/C17H13FN6S/c18-12-6-2-4-8-14(12)24-10-20-23-17(24)25-9-15-21-13-7-3-1-5-11(13)16(19)22-15/h1-8,10H,9H2,(H2,19,21,22). The monoisotopic (exact) mass is 352 g/mol. The van der Waals surface area contributed by atoms with E-state index >= 15 is 0 Å². The number of aromatic nitrogens is 5. The molecular weight excluding hydrogens is 339 g/mol. The first-order valence-corrected chi connectivity index (χ1v) is 8.50. The highest BCUT2D eigenvalue weighted by molar-refractivity contribution is 7.98. The molecule has 0 atom stereocenters. The van der Waals surface area contributed by atoms with Crippen LogP contribution >= 0.6 is 11.8 Å². The predicted molar refractivity (Wildman–Crippen MR) is 94.8 cm³/mol. The van der Waals surface area contributed by atoms with Gasteiger partial charge < -0.3 is 5.73 Å². The highest BCUT2D eigenvalue weighted by Gasteiger charge is 2.12. The van der Waals surface area contributed by atoms with Gasteiger partial charge in [0.1, 0.15) is 23.8 Å². The molecule has 2 heterocycles. The van der Waals surface area contributed by atoms with Crippen LogP contribution in [0.3, 0.4) is 0 Å². The maximum absolute atomic E-state index is 14.0. The molecule has 4 aromatic rings. The maximum Gasteiger partial charge on any atom is 0.196 e. The van der Waals surface area contributed by atoms with Crippen molar-refractivity contribution in [3.63, 3.8) is 0 Å². The lowest BCUT2D eigenvalue weighted by molar-refractivity contribution is 0.613. The van der Waals surface area contributed by atoms with Gasteiger partial charge in [-0.2, -0.15) is 0 Å². The molecule has 0 radical (unpaired) electrons. The number of anilines is 1. The fourth-order valence-corrected chi connectivity index (χ4v) is 3.26.